The maximum Gasteiger partial charge on any atom is 0.255 e. The van der Waals surface area contributed by atoms with Crippen molar-refractivity contribution in [1.29, 1.82) is 0 Å². The number of nitrogens with zero attached hydrogens (tertiary/aromatic N) is 6. The van der Waals surface area contributed by atoms with E-state index in [1.54, 1.807) is 34.8 Å². The number of methoxy groups -OCH3 is 1. The molecule has 1 aliphatic heterocycles. The van der Waals surface area contributed by atoms with Crippen molar-refractivity contribution in [2.45, 2.75) is 19.0 Å². The highest BCUT2D eigenvalue weighted by atomic mass is 16.5. The Morgan fingerprint density at radius 2 is 2.16 bits per heavy atom. The van der Waals surface area contributed by atoms with Gasteiger partial charge in [-0.2, -0.15) is 0 Å². The maximum absolute atomic E-state index is 12.9. The molecule has 1 atom stereocenters. The van der Waals surface area contributed by atoms with Crippen molar-refractivity contribution < 1.29 is 9.47 Å². The van der Waals surface area contributed by atoms with Crippen LogP contribution in [0, 0.1) is 0 Å². The zero-order valence-electron chi connectivity index (χ0n) is 16.9. The number of fused-ring (bicyclic) bond motifs is 1. The average molecular weight is 419 g/mol. The summed E-state index contributed by atoms with van der Waals surface area (Å²) in [5.74, 6) is 0.715. The van der Waals surface area contributed by atoms with Gasteiger partial charge in [0.15, 0.2) is 0 Å². The highest BCUT2D eigenvalue weighted by molar-refractivity contribution is 5.95. The van der Waals surface area contributed by atoms with Crippen molar-refractivity contribution >= 4 is 16.9 Å². The van der Waals surface area contributed by atoms with E-state index in [-0.39, 0.29) is 17.5 Å². The molecule has 1 fully saturated rings. The van der Waals surface area contributed by atoms with E-state index >= 15 is 0 Å². The van der Waals surface area contributed by atoms with Crippen LogP contribution >= 0.6 is 0 Å². The number of para-hydroxylation sites is 1. The zero-order valence-corrected chi connectivity index (χ0v) is 16.9. The van der Waals surface area contributed by atoms with Crippen LogP contribution in [0.25, 0.3) is 22.3 Å². The molecule has 1 aliphatic rings. The second-order valence-electron chi connectivity index (χ2n) is 7.35. The van der Waals surface area contributed by atoms with Crippen molar-refractivity contribution in [2.24, 2.45) is 0 Å². The number of hydrogen-bond acceptors (Lipinski definition) is 8. The number of nitrogens with two attached hydrogens (primary N) is 1. The Morgan fingerprint density at radius 1 is 1.26 bits per heavy atom. The molecule has 10 nitrogen and oxygen atoms in total. The molecule has 31 heavy (non-hydrogen) atoms. The second-order valence-corrected chi connectivity index (χ2v) is 7.35. The Hall–Kier alpha value is -3.79. The van der Waals surface area contributed by atoms with Crippen LogP contribution in [0.1, 0.15) is 18.0 Å². The maximum atomic E-state index is 12.9. The van der Waals surface area contributed by atoms with Gasteiger partial charge in [-0.15, -0.1) is 5.10 Å². The molecule has 0 aliphatic carbocycles. The highest BCUT2D eigenvalue weighted by Crippen LogP contribution is 2.30. The van der Waals surface area contributed by atoms with E-state index in [9.17, 15) is 4.79 Å². The Kier molecular flexibility index (Phi) is 4.83. The fraction of sp³-hybridized carbons (Fsp3) is 0.286. The molecule has 0 radical (unpaired) electrons. The Bertz CT molecular complexity index is 1310. The molecule has 2 N–H and O–H groups in total. The van der Waals surface area contributed by atoms with Crippen LogP contribution in [0.3, 0.4) is 0 Å². The van der Waals surface area contributed by atoms with Gasteiger partial charge >= 0.3 is 0 Å². The molecule has 0 bridgehead atoms. The van der Waals surface area contributed by atoms with Gasteiger partial charge in [0.05, 0.1) is 32.5 Å². The lowest BCUT2D eigenvalue weighted by Gasteiger charge is -2.13. The summed E-state index contributed by atoms with van der Waals surface area (Å²) >= 11 is 0. The van der Waals surface area contributed by atoms with Gasteiger partial charge in [-0.3, -0.25) is 4.79 Å². The van der Waals surface area contributed by atoms with Crippen molar-refractivity contribution in [3.63, 3.8) is 0 Å². The summed E-state index contributed by atoms with van der Waals surface area (Å²) in [6.07, 6.45) is 4.39. The number of anilines is 1. The molecule has 4 heterocycles. The lowest BCUT2D eigenvalue weighted by atomic mass is 10.1. The SMILES string of the molecule is COc1cccc2c(-c3cn(Cc4cccn([C@H]5CCOC5)c4=O)nn3)nc(N)nc12. The second kappa shape index (κ2) is 7.80. The van der Waals surface area contributed by atoms with Crippen LogP contribution in [0.5, 0.6) is 5.75 Å². The minimum absolute atomic E-state index is 0.0449. The third-order valence-corrected chi connectivity index (χ3v) is 5.39. The summed E-state index contributed by atoms with van der Waals surface area (Å²) in [4.78, 5) is 21.6. The highest BCUT2D eigenvalue weighted by Gasteiger charge is 2.20. The third-order valence-electron chi connectivity index (χ3n) is 5.39. The predicted octanol–water partition coefficient (Wildman–Crippen LogP) is 1.65. The van der Waals surface area contributed by atoms with Gasteiger partial charge in [0.2, 0.25) is 5.95 Å². The van der Waals surface area contributed by atoms with Gasteiger partial charge < -0.3 is 19.8 Å². The van der Waals surface area contributed by atoms with Crippen LogP contribution in [-0.4, -0.2) is 49.9 Å². The molecule has 0 amide bonds. The topological polar surface area (TPSA) is 123 Å². The first-order chi connectivity index (χ1) is 15.1. The molecular weight excluding hydrogens is 398 g/mol. The Labute approximate surface area is 177 Å². The van der Waals surface area contributed by atoms with E-state index in [1.807, 2.05) is 24.3 Å². The molecule has 0 spiro atoms. The number of aromatic nitrogens is 6. The van der Waals surface area contributed by atoms with Crippen LogP contribution in [0.15, 0.2) is 47.5 Å². The number of ether oxygens (including phenoxy) is 2. The van der Waals surface area contributed by atoms with Crippen molar-refractivity contribution in [1.82, 2.24) is 29.5 Å². The molecule has 0 saturated carbocycles. The minimum atomic E-state index is -0.0449. The van der Waals surface area contributed by atoms with Crippen LogP contribution in [0.4, 0.5) is 5.95 Å². The molecule has 158 valence electrons. The predicted molar refractivity (Wildman–Crippen MR) is 114 cm³/mol. The quantitative estimate of drug-likeness (QED) is 0.518. The standard InChI is InChI=1S/C21H21N7O3/c1-30-17-6-2-5-15-18(23-21(22)24-19(15)17)16-11-27(26-25-16)10-13-4-3-8-28(20(13)29)14-7-9-31-12-14/h2-6,8,11,14H,7,9-10,12H2,1H3,(H2,22,23,24)/t14-/m0/s1. The van der Waals surface area contributed by atoms with E-state index < -0.39 is 0 Å². The summed E-state index contributed by atoms with van der Waals surface area (Å²) in [7, 11) is 1.58. The number of nitrogen functional groups attached to an aromatic ring is 1. The van der Waals surface area contributed by atoms with Crippen molar-refractivity contribution in [2.75, 3.05) is 26.1 Å². The third kappa shape index (κ3) is 3.50. The lowest BCUT2D eigenvalue weighted by molar-refractivity contribution is 0.186. The van der Waals surface area contributed by atoms with E-state index in [0.717, 1.165) is 11.8 Å². The molecular formula is C21H21N7O3. The summed E-state index contributed by atoms with van der Waals surface area (Å²) in [6, 6.07) is 9.30. The summed E-state index contributed by atoms with van der Waals surface area (Å²) in [5.41, 5.74) is 8.20. The van der Waals surface area contributed by atoms with E-state index in [0.29, 0.717) is 48.0 Å². The Balaban J connectivity index is 1.49. The van der Waals surface area contributed by atoms with Gasteiger partial charge in [-0.1, -0.05) is 23.4 Å². The summed E-state index contributed by atoms with van der Waals surface area (Å²) < 4.78 is 14.2. The minimum Gasteiger partial charge on any atom is -0.494 e. The molecule has 0 unspecified atom stereocenters. The van der Waals surface area contributed by atoms with Gasteiger partial charge in [-0.05, 0) is 18.6 Å². The van der Waals surface area contributed by atoms with Crippen LogP contribution in [-0.2, 0) is 11.3 Å². The van der Waals surface area contributed by atoms with Crippen molar-refractivity contribution in [3.05, 3.63) is 58.6 Å². The van der Waals surface area contributed by atoms with Gasteiger partial charge in [0.25, 0.3) is 5.56 Å². The van der Waals surface area contributed by atoms with E-state index in [4.69, 9.17) is 15.2 Å². The molecule has 10 heteroatoms. The number of pyridine rings is 1. The molecule has 1 aromatic carbocycles. The van der Waals surface area contributed by atoms with Gasteiger partial charge in [0.1, 0.15) is 22.7 Å². The first kappa shape index (κ1) is 19.2. The normalized spacial score (nSPS) is 16.1. The lowest BCUT2D eigenvalue weighted by Crippen LogP contribution is -2.28. The monoisotopic (exact) mass is 419 g/mol. The first-order valence-electron chi connectivity index (χ1n) is 9.92. The molecule has 1 saturated heterocycles. The van der Waals surface area contributed by atoms with Gasteiger partial charge in [-0.25, -0.2) is 14.6 Å². The Morgan fingerprint density at radius 3 is 2.97 bits per heavy atom. The van der Waals surface area contributed by atoms with Gasteiger partial charge in [0, 0.05) is 23.8 Å². The molecule has 4 aromatic rings. The summed E-state index contributed by atoms with van der Waals surface area (Å²) in [5, 5.41) is 9.21. The number of hydrogen-bond donors (Lipinski definition) is 1. The largest absolute Gasteiger partial charge is 0.494 e. The number of rotatable bonds is 5. The van der Waals surface area contributed by atoms with E-state index in [2.05, 4.69) is 20.3 Å². The fourth-order valence-corrected chi connectivity index (χ4v) is 3.87. The van der Waals surface area contributed by atoms with Crippen LogP contribution in [0.2, 0.25) is 0 Å². The first-order valence-corrected chi connectivity index (χ1v) is 9.92. The average Bonchev–Trinajstić information content (AvgIpc) is 3.47. The molecule has 3 aromatic heterocycles. The van der Waals surface area contributed by atoms with E-state index in [1.165, 1.54) is 0 Å². The zero-order chi connectivity index (χ0) is 21.4. The van der Waals surface area contributed by atoms with Crippen molar-refractivity contribution in [3.8, 4) is 17.1 Å². The van der Waals surface area contributed by atoms with Crippen LogP contribution < -0.4 is 16.0 Å². The molecule has 5 rings (SSSR count). The summed E-state index contributed by atoms with van der Waals surface area (Å²) in [6.45, 7) is 1.53. The fourth-order valence-electron chi connectivity index (χ4n) is 3.87. The smallest absolute Gasteiger partial charge is 0.255 e. The number of benzene rings is 1.